The van der Waals surface area contributed by atoms with Crippen molar-refractivity contribution in [1.29, 1.82) is 0 Å². The zero-order valence-electron chi connectivity index (χ0n) is 14.7. The highest BCUT2D eigenvalue weighted by Crippen LogP contribution is 2.25. The second kappa shape index (κ2) is 7.61. The van der Waals surface area contributed by atoms with Crippen molar-refractivity contribution in [1.82, 2.24) is 5.32 Å². The van der Waals surface area contributed by atoms with Crippen molar-refractivity contribution in [3.8, 4) is 0 Å². The van der Waals surface area contributed by atoms with Crippen molar-refractivity contribution in [3.05, 3.63) is 52.2 Å². The summed E-state index contributed by atoms with van der Waals surface area (Å²) >= 11 is 3.31. The second-order valence-electron chi connectivity index (χ2n) is 6.21. The molecule has 2 aromatic rings. The van der Waals surface area contributed by atoms with Crippen molar-refractivity contribution >= 4 is 51.4 Å². The lowest BCUT2D eigenvalue weighted by Gasteiger charge is -2.26. The molecule has 3 heterocycles. The average molecular weight is 446 g/mol. The predicted octanol–water partition coefficient (Wildman–Crippen LogP) is 2.55. The lowest BCUT2D eigenvalue weighted by atomic mass is 10.1. The van der Waals surface area contributed by atoms with Crippen LogP contribution in [0.15, 0.2) is 50.9 Å². The van der Waals surface area contributed by atoms with E-state index in [1.807, 2.05) is 4.90 Å². The Morgan fingerprint density at radius 3 is 2.43 bits per heavy atom. The summed E-state index contributed by atoms with van der Waals surface area (Å²) in [5, 5.41) is 2.19. The van der Waals surface area contributed by atoms with Crippen molar-refractivity contribution in [3.63, 3.8) is 0 Å². The normalized spacial score (nSPS) is 19.3. The predicted molar refractivity (Wildman–Crippen MR) is 105 cm³/mol. The number of carbonyl (C=O) groups is 3. The third-order valence-corrected chi connectivity index (χ3v) is 4.94. The molecule has 4 amide bonds. The maximum Gasteiger partial charge on any atom is 0.335 e. The van der Waals surface area contributed by atoms with Gasteiger partial charge >= 0.3 is 6.03 Å². The van der Waals surface area contributed by atoms with Crippen LogP contribution in [0, 0.1) is 0 Å². The topological polar surface area (TPSA) is 92.1 Å². The number of urea groups is 1. The fourth-order valence-electron chi connectivity index (χ4n) is 3.00. The molecule has 2 aliphatic heterocycles. The average Bonchev–Trinajstić information content (AvgIpc) is 3.16. The van der Waals surface area contributed by atoms with E-state index in [1.54, 1.807) is 36.4 Å². The highest BCUT2D eigenvalue weighted by molar-refractivity contribution is 9.10. The number of imide groups is 2. The second-order valence-corrected chi connectivity index (χ2v) is 7.13. The van der Waals surface area contributed by atoms with Crippen LogP contribution in [0.5, 0.6) is 0 Å². The molecule has 1 aromatic heterocycles. The molecule has 0 unspecified atom stereocenters. The number of hydrogen-bond acceptors (Lipinski definition) is 6. The number of hydrogen-bond donors (Lipinski definition) is 1. The molecule has 0 spiro atoms. The van der Waals surface area contributed by atoms with Gasteiger partial charge in [-0.3, -0.25) is 14.9 Å². The van der Waals surface area contributed by atoms with Crippen LogP contribution in [-0.2, 0) is 14.3 Å². The highest BCUT2D eigenvalue weighted by atomic mass is 79.9. The highest BCUT2D eigenvalue weighted by Gasteiger charge is 2.37. The molecular formula is C19H16BrN3O5. The van der Waals surface area contributed by atoms with Gasteiger partial charge in [-0.05, 0) is 36.4 Å². The lowest BCUT2D eigenvalue weighted by molar-refractivity contribution is -0.122. The van der Waals surface area contributed by atoms with Gasteiger partial charge in [0.15, 0.2) is 5.88 Å². The standard InChI is InChI=1S/C19H16BrN3O5/c20-12-1-3-13(4-2-12)23-18(25)15(17(24)21-19(23)26)11-14-5-6-16(28-14)22-7-9-27-10-8-22/h1-6,11H,7-10H2,(H,21,24,26)/b15-11-. The molecule has 144 valence electrons. The largest absolute Gasteiger partial charge is 0.441 e. The van der Waals surface area contributed by atoms with E-state index < -0.39 is 17.8 Å². The summed E-state index contributed by atoms with van der Waals surface area (Å²) in [5.41, 5.74) is 0.183. The van der Waals surface area contributed by atoms with Gasteiger partial charge < -0.3 is 14.1 Å². The van der Waals surface area contributed by atoms with Crippen LogP contribution in [0.25, 0.3) is 6.08 Å². The number of nitrogens with one attached hydrogen (secondary N) is 1. The zero-order chi connectivity index (χ0) is 19.7. The van der Waals surface area contributed by atoms with Gasteiger partial charge in [0.25, 0.3) is 11.8 Å². The van der Waals surface area contributed by atoms with Gasteiger partial charge in [0.05, 0.1) is 18.9 Å². The molecule has 0 saturated carbocycles. The van der Waals surface area contributed by atoms with Crippen LogP contribution in [0.2, 0.25) is 0 Å². The number of benzene rings is 1. The summed E-state index contributed by atoms with van der Waals surface area (Å²) < 4.78 is 11.9. The number of halogens is 1. The first-order valence-electron chi connectivity index (χ1n) is 8.62. The number of rotatable bonds is 3. The number of ether oxygens (including phenoxy) is 1. The molecule has 1 N–H and O–H groups in total. The fraction of sp³-hybridized carbons (Fsp3) is 0.211. The van der Waals surface area contributed by atoms with Gasteiger partial charge in [0.2, 0.25) is 0 Å². The number of amides is 4. The molecule has 2 saturated heterocycles. The Kier molecular flexibility index (Phi) is 5.01. The van der Waals surface area contributed by atoms with Crippen LogP contribution in [0.1, 0.15) is 5.76 Å². The molecule has 2 fully saturated rings. The number of furan rings is 1. The Bertz CT molecular complexity index is 960. The van der Waals surface area contributed by atoms with E-state index in [0.717, 1.165) is 9.37 Å². The Balaban J connectivity index is 1.61. The number of morpholine rings is 1. The first-order chi connectivity index (χ1) is 13.5. The molecule has 0 aliphatic carbocycles. The molecule has 1 aromatic carbocycles. The Morgan fingerprint density at radius 1 is 1.00 bits per heavy atom. The summed E-state index contributed by atoms with van der Waals surface area (Å²) in [6.07, 6.45) is 1.35. The third-order valence-electron chi connectivity index (χ3n) is 4.41. The van der Waals surface area contributed by atoms with E-state index in [-0.39, 0.29) is 5.57 Å². The Labute approximate surface area is 168 Å². The van der Waals surface area contributed by atoms with E-state index in [2.05, 4.69) is 21.2 Å². The monoisotopic (exact) mass is 445 g/mol. The first kappa shape index (κ1) is 18.5. The lowest BCUT2D eigenvalue weighted by Crippen LogP contribution is -2.54. The Morgan fingerprint density at radius 2 is 1.71 bits per heavy atom. The number of nitrogens with zero attached hydrogens (tertiary/aromatic N) is 2. The van der Waals surface area contributed by atoms with E-state index in [1.165, 1.54) is 6.08 Å². The van der Waals surface area contributed by atoms with Crippen molar-refractivity contribution in [2.45, 2.75) is 0 Å². The van der Waals surface area contributed by atoms with Crippen LogP contribution < -0.4 is 15.1 Å². The minimum Gasteiger partial charge on any atom is -0.441 e. The molecule has 4 rings (SSSR count). The fourth-order valence-corrected chi connectivity index (χ4v) is 3.26. The quantitative estimate of drug-likeness (QED) is 0.576. The molecule has 0 bridgehead atoms. The molecule has 9 heteroatoms. The van der Waals surface area contributed by atoms with Crippen LogP contribution in [0.3, 0.4) is 0 Å². The molecule has 8 nitrogen and oxygen atoms in total. The molecule has 0 radical (unpaired) electrons. The molecule has 28 heavy (non-hydrogen) atoms. The van der Waals surface area contributed by atoms with Crippen molar-refractivity contribution in [2.24, 2.45) is 0 Å². The van der Waals surface area contributed by atoms with Crippen LogP contribution >= 0.6 is 15.9 Å². The number of anilines is 2. The third kappa shape index (κ3) is 3.58. The Hall–Kier alpha value is -2.91. The first-order valence-corrected chi connectivity index (χ1v) is 9.42. The zero-order valence-corrected chi connectivity index (χ0v) is 16.3. The molecule has 2 aliphatic rings. The van der Waals surface area contributed by atoms with E-state index in [4.69, 9.17) is 9.15 Å². The summed E-state index contributed by atoms with van der Waals surface area (Å²) in [5.74, 6) is -0.474. The summed E-state index contributed by atoms with van der Waals surface area (Å²) in [6.45, 7) is 2.63. The SMILES string of the molecule is O=C1NC(=O)N(c2ccc(Br)cc2)C(=O)/C1=C\c1ccc(N2CCOCC2)o1. The smallest absolute Gasteiger partial charge is 0.335 e. The minimum atomic E-state index is -0.789. The number of barbiturate groups is 1. The molecule has 0 atom stereocenters. The van der Waals surface area contributed by atoms with Gasteiger partial charge in [-0.2, -0.15) is 0 Å². The van der Waals surface area contributed by atoms with Crippen molar-refractivity contribution in [2.75, 3.05) is 36.1 Å². The summed E-state index contributed by atoms with van der Waals surface area (Å²) in [4.78, 5) is 40.2. The van der Waals surface area contributed by atoms with E-state index in [0.29, 0.717) is 43.6 Å². The summed E-state index contributed by atoms with van der Waals surface area (Å²) in [6, 6.07) is 9.30. The van der Waals surface area contributed by atoms with Crippen LogP contribution in [-0.4, -0.2) is 44.1 Å². The van der Waals surface area contributed by atoms with Gasteiger partial charge in [-0.15, -0.1) is 0 Å². The minimum absolute atomic E-state index is 0.176. The van der Waals surface area contributed by atoms with E-state index >= 15 is 0 Å². The molecular weight excluding hydrogens is 430 g/mol. The van der Waals surface area contributed by atoms with Crippen molar-refractivity contribution < 1.29 is 23.5 Å². The van der Waals surface area contributed by atoms with Gasteiger partial charge in [0.1, 0.15) is 11.3 Å². The van der Waals surface area contributed by atoms with Gasteiger partial charge in [0, 0.05) is 23.6 Å². The van der Waals surface area contributed by atoms with Gasteiger partial charge in [-0.25, -0.2) is 9.69 Å². The van der Waals surface area contributed by atoms with E-state index in [9.17, 15) is 14.4 Å². The van der Waals surface area contributed by atoms with Gasteiger partial charge in [-0.1, -0.05) is 15.9 Å². The van der Waals surface area contributed by atoms with Crippen LogP contribution in [0.4, 0.5) is 16.4 Å². The summed E-state index contributed by atoms with van der Waals surface area (Å²) in [7, 11) is 0. The maximum atomic E-state index is 12.8. The number of carbonyl (C=O) groups excluding carboxylic acids is 3. The maximum absolute atomic E-state index is 12.8.